The third-order valence-electron chi connectivity index (χ3n) is 4.66. The first-order valence-corrected chi connectivity index (χ1v) is 9.98. The van der Waals surface area contributed by atoms with Gasteiger partial charge in [0.05, 0.1) is 26.1 Å². The fourth-order valence-electron chi connectivity index (χ4n) is 3.05. The average Bonchev–Trinajstić information content (AvgIpc) is 3.32. The molecule has 150 valence electrons. The molecule has 0 saturated carbocycles. The first-order chi connectivity index (χ1) is 14.1. The predicted molar refractivity (Wildman–Crippen MR) is 117 cm³/mol. The second-order valence-electron chi connectivity index (χ2n) is 6.73. The van der Waals surface area contributed by atoms with E-state index in [1.54, 1.807) is 14.2 Å². The molecule has 0 bridgehead atoms. The van der Waals surface area contributed by atoms with Gasteiger partial charge in [0, 0.05) is 31.9 Å². The summed E-state index contributed by atoms with van der Waals surface area (Å²) in [7, 11) is 7.33. The maximum Gasteiger partial charge on any atom is 0.214 e. The van der Waals surface area contributed by atoms with Gasteiger partial charge in [-0.15, -0.1) is 5.10 Å². The maximum absolute atomic E-state index is 5.42. The van der Waals surface area contributed by atoms with Crippen molar-refractivity contribution < 1.29 is 9.47 Å². The summed E-state index contributed by atoms with van der Waals surface area (Å²) >= 11 is 1.52. The van der Waals surface area contributed by atoms with E-state index in [4.69, 9.17) is 9.47 Å². The average molecular weight is 410 g/mol. The van der Waals surface area contributed by atoms with Crippen LogP contribution in [0.5, 0.6) is 11.5 Å². The molecule has 7 nitrogen and oxygen atoms in total. The molecule has 1 N–H and O–H groups in total. The number of imidazole rings is 1. The third-order valence-corrected chi connectivity index (χ3v) is 5.54. The normalized spacial score (nSPS) is 10.9. The number of hydrogen-bond donors (Lipinski definition) is 1. The zero-order valence-corrected chi connectivity index (χ0v) is 17.7. The Morgan fingerprint density at radius 1 is 1.03 bits per heavy atom. The SMILES string of the molecule is COc1ccc(-c2cnc3sc(NCc4ccc(N(C)C)cc4)nn23)cc1OC. The molecule has 0 unspecified atom stereocenters. The van der Waals surface area contributed by atoms with Gasteiger partial charge in [-0.05, 0) is 35.9 Å². The molecule has 2 heterocycles. The molecule has 8 heteroatoms. The van der Waals surface area contributed by atoms with Crippen LogP contribution >= 0.6 is 11.3 Å². The summed E-state index contributed by atoms with van der Waals surface area (Å²) in [6.07, 6.45) is 1.82. The standard InChI is InChI=1S/C21H23N5O2S/c1-25(2)16-8-5-14(6-9-16)12-22-20-24-26-17(13-23-21(26)29-20)15-7-10-18(27-3)19(11-15)28-4/h5-11,13H,12H2,1-4H3,(H,22,24). The van der Waals surface area contributed by atoms with Crippen molar-refractivity contribution in [3.05, 3.63) is 54.2 Å². The van der Waals surface area contributed by atoms with E-state index in [1.807, 2.05) is 43.0 Å². The highest BCUT2D eigenvalue weighted by atomic mass is 32.1. The number of aromatic nitrogens is 3. The molecule has 29 heavy (non-hydrogen) atoms. The van der Waals surface area contributed by atoms with Gasteiger partial charge >= 0.3 is 0 Å². The zero-order valence-electron chi connectivity index (χ0n) is 16.8. The summed E-state index contributed by atoms with van der Waals surface area (Å²) < 4.78 is 12.6. The van der Waals surface area contributed by atoms with Crippen LogP contribution in [0.2, 0.25) is 0 Å². The van der Waals surface area contributed by atoms with Gasteiger partial charge in [0.2, 0.25) is 10.1 Å². The largest absolute Gasteiger partial charge is 0.493 e. The number of methoxy groups -OCH3 is 2. The fraction of sp³-hybridized carbons (Fsp3) is 0.238. The van der Waals surface area contributed by atoms with Crippen LogP contribution in [0, 0.1) is 0 Å². The van der Waals surface area contributed by atoms with Gasteiger partial charge in [-0.3, -0.25) is 0 Å². The summed E-state index contributed by atoms with van der Waals surface area (Å²) in [5.41, 5.74) is 4.25. The fourth-order valence-corrected chi connectivity index (χ4v) is 3.82. The van der Waals surface area contributed by atoms with E-state index in [1.165, 1.54) is 22.6 Å². The van der Waals surface area contributed by atoms with Gasteiger partial charge in [0.15, 0.2) is 11.5 Å². The lowest BCUT2D eigenvalue weighted by molar-refractivity contribution is 0.355. The van der Waals surface area contributed by atoms with Crippen LogP contribution in [0.1, 0.15) is 5.56 Å². The highest BCUT2D eigenvalue weighted by Crippen LogP contribution is 2.33. The lowest BCUT2D eigenvalue weighted by atomic mass is 10.1. The molecule has 0 spiro atoms. The first-order valence-electron chi connectivity index (χ1n) is 9.16. The Labute approximate surface area is 173 Å². The van der Waals surface area contributed by atoms with Crippen LogP contribution in [-0.4, -0.2) is 42.9 Å². The van der Waals surface area contributed by atoms with Crippen molar-refractivity contribution in [3.8, 4) is 22.8 Å². The molecule has 0 aliphatic rings. The summed E-state index contributed by atoms with van der Waals surface area (Å²) in [5.74, 6) is 1.37. The Hall–Kier alpha value is -3.26. The van der Waals surface area contributed by atoms with Crippen LogP contribution in [0.4, 0.5) is 10.8 Å². The Kier molecular flexibility index (Phi) is 5.26. The topological polar surface area (TPSA) is 63.9 Å². The number of benzene rings is 2. The van der Waals surface area contributed by atoms with E-state index in [2.05, 4.69) is 44.6 Å². The minimum Gasteiger partial charge on any atom is -0.493 e. The van der Waals surface area contributed by atoms with Crippen LogP contribution in [0.25, 0.3) is 16.2 Å². The quantitative estimate of drug-likeness (QED) is 0.495. The van der Waals surface area contributed by atoms with Gasteiger partial charge in [-0.25, -0.2) is 9.50 Å². The molecule has 0 fully saturated rings. The van der Waals surface area contributed by atoms with E-state index in [0.717, 1.165) is 21.3 Å². The molecule has 0 atom stereocenters. The van der Waals surface area contributed by atoms with E-state index in [9.17, 15) is 0 Å². The summed E-state index contributed by atoms with van der Waals surface area (Å²) in [5, 5.41) is 8.91. The molecule has 2 aromatic heterocycles. The van der Waals surface area contributed by atoms with E-state index in [0.29, 0.717) is 18.0 Å². The van der Waals surface area contributed by atoms with E-state index < -0.39 is 0 Å². The van der Waals surface area contributed by atoms with Crippen molar-refractivity contribution in [2.45, 2.75) is 6.54 Å². The number of hydrogen-bond acceptors (Lipinski definition) is 7. The van der Waals surface area contributed by atoms with Gasteiger partial charge < -0.3 is 19.7 Å². The predicted octanol–water partition coefficient (Wildman–Crippen LogP) is 4.15. The van der Waals surface area contributed by atoms with Crippen LogP contribution in [-0.2, 0) is 6.54 Å². The molecule has 4 aromatic rings. The molecule has 0 aliphatic heterocycles. The van der Waals surface area contributed by atoms with Crippen LogP contribution in [0.15, 0.2) is 48.7 Å². The smallest absolute Gasteiger partial charge is 0.214 e. The molecule has 0 aliphatic carbocycles. The summed E-state index contributed by atoms with van der Waals surface area (Å²) in [6, 6.07) is 14.3. The number of anilines is 2. The van der Waals surface area contributed by atoms with Crippen molar-refractivity contribution in [3.63, 3.8) is 0 Å². The Balaban J connectivity index is 1.54. The van der Waals surface area contributed by atoms with Crippen molar-refractivity contribution in [2.75, 3.05) is 38.5 Å². The van der Waals surface area contributed by atoms with Crippen LogP contribution in [0.3, 0.4) is 0 Å². The molecule has 2 aromatic carbocycles. The molecule has 4 rings (SSSR count). The first kappa shape index (κ1) is 19.1. The number of fused-ring (bicyclic) bond motifs is 1. The lowest BCUT2D eigenvalue weighted by Gasteiger charge is -2.12. The van der Waals surface area contributed by atoms with Crippen molar-refractivity contribution in [1.82, 2.24) is 14.6 Å². The van der Waals surface area contributed by atoms with Gasteiger partial charge in [0.1, 0.15) is 0 Å². The van der Waals surface area contributed by atoms with Crippen molar-refractivity contribution >= 4 is 27.1 Å². The van der Waals surface area contributed by atoms with Crippen molar-refractivity contribution in [1.29, 1.82) is 0 Å². The third kappa shape index (κ3) is 3.84. The maximum atomic E-state index is 5.42. The molecule has 0 amide bonds. The zero-order chi connectivity index (χ0) is 20.4. The van der Waals surface area contributed by atoms with E-state index >= 15 is 0 Å². The monoisotopic (exact) mass is 409 g/mol. The number of rotatable bonds is 7. The molecular formula is C21H23N5O2S. The van der Waals surface area contributed by atoms with Crippen LogP contribution < -0.4 is 19.7 Å². The highest BCUT2D eigenvalue weighted by molar-refractivity contribution is 7.20. The molecular weight excluding hydrogens is 386 g/mol. The second kappa shape index (κ2) is 8.00. The lowest BCUT2D eigenvalue weighted by Crippen LogP contribution is -2.08. The van der Waals surface area contributed by atoms with E-state index in [-0.39, 0.29) is 0 Å². The Morgan fingerprint density at radius 3 is 2.48 bits per heavy atom. The summed E-state index contributed by atoms with van der Waals surface area (Å²) in [4.78, 5) is 7.42. The van der Waals surface area contributed by atoms with Gasteiger partial charge in [0.25, 0.3) is 0 Å². The minimum absolute atomic E-state index is 0.676. The number of nitrogens with zero attached hydrogens (tertiary/aromatic N) is 4. The molecule has 0 saturated heterocycles. The molecule has 0 radical (unpaired) electrons. The second-order valence-corrected chi connectivity index (χ2v) is 7.69. The van der Waals surface area contributed by atoms with Gasteiger partial charge in [-0.2, -0.15) is 0 Å². The van der Waals surface area contributed by atoms with Crippen molar-refractivity contribution in [2.24, 2.45) is 0 Å². The number of nitrogens with one attached hydrogen (secondary N) is 1. The number of ether oxygens (including phenoxy) is 2. The Bertz CT molecular complexity index is 1120. The highest BCUT2D eigenvalue weighted by Gasteiger charge is 2.14. The Morgan fingerprint density at radius 2 is 1.79 bits per heavy atom. The summed E-state index contributed by atoms with van der Waals surface area (Å²) in [6.45, 7) is 0.704. The van der Waals surface area contributed by atoms with Gasteiger partial charge in [-0.1, -0.05) is 23.5 Å². The minimum atomic E-state index is 0.676.